The molecule has 1 atom stereocenters. The lowest BCUT2D eigenvalue weighted by Crippen LogP contribution is -2.09. The first-order chi connectivity index (χ1) is 10.1. The van der Waals surface area contributed by atoms with E-state index in [9.17, 15) is 4.79 Å². The molecule has 0 fully saturated rings. The Bertz CT molecular complexity index is 686. The van der Waals surface area contributed by atoms with Crippen molar-refractivity contribution in [3.05, 3.63) is 63.6 Å². The maximum atomic E-state index is 11.6. The van der Waals surface area contributed by atoms with Crippen LogP contribution in [0.1, 0.15) is 34.9 Å². The topological polar surface area (TPSA) is 29.1 Å². The second kappa shape index (κ2) is 6.20. The summed E-state index contributed by atoms with van der Waals surface area (Å²) in [6.45, 7) is 0. The minimum Gasteiger partial charge on any atom is -0.326 e. The van der Waals surface area contributed by atoms with E-state index in [-0.39, 0.29) is 11.3 Å². The van der Waals surface area contributed by atoms with E-state index in [0.29, 0.717) is 6.42 Å². The van der Waals surface area contributed by atoms with Gasteiger partial charge in [0.05, 0.1) is 5.38 Å². The maximum Gasteiger partial charge on any atom is 0.224 e. The molecule has 1 heterocycles. The Balaban J connectivity index is 1.93. The number of hydrogen-bond donors (Lipinski definition) is 1. The van der Waals surface area contributed by atoms with Gasteiger partial charge in [-0.05, 0) is 47.7 Å². The lowest BCUT2D eigenvalue weighted by Gasteiger charge is -2.14. The van der Waals surface area contributed by atoms with Crippen molar-refractivity contribution in [3.63, 3.8) is 0 Å². The van der Waals surface area contributed by atoms with Crippen LogP contribution in [0.15, 0.2) is 46.9 Å². The number of amides is 1. The molecule has 1 N–H and O–H groups in total. The fraction of sp³-hybridized carbons (Fsp3) is 0.235. The van der Waals surface area contributed by atoms with Crippen molar-refractivity contribution in [1.29, 1.82) is 0 Å². The summed E-state index contributed by atoms with van der Waals surface area (Å²) in [4.78, 5) is 11.6. The Morgan fingerprint density at radius 2 is 1.90 bits per heavy atom. The van der Waals surface area contributed by atoms with Crippen LogP contribution in [0.3, 0.4) is 0 Å². The molecule has 0 bridgehead atoms. The van der Waals surface area contributed by atoms with Crippen molar-refractivity contribution < 1.29 is 4.79 Å². The highest BCUT2D eigenvalue weighted by molar-refractivity contribution is 9.10. The lowest BCUT2D eigenvalue weighted by atomic mass is 9.99. The van der Waals surface area contributed by atoms with Crippen molar-refractivity contribution in [2.45, 2.75) is 24.6 Å². The van der Waals surface area contributed by atoms with E-state index < -0.39 is 0 Å². The van der Waals surface area contributed by atoms with Gasteiger partial charge in [-0.25, -0.2) is 0 Å². The number of rotatable bonds is 2. The van der Waals surface area contributed by atoms with Gasteiger partial charge < -0.3 is 5.32 Å². The summed E-state index contributed by atoms with van der Waals surface area (Å²) in [6, 6.07) is 14.1. The van der Waals surface area contributed by atoms with E-state index in [2.05, 4.69) is 27.3 Å². The molecule has 21 heavy (non-hydrogen) atoms. The molecule has 0 spiro atoms. The lowest BCUT2D eigenvalue weighted by molar-refractivity contribution is -0.116. The zero-order valence-electron chi connectivity index (χ0n) is 11.4. The van der Waals surface area contributed by atoms with Crippen LogP contribution in [0.25, 0.3) is 0 Å². The van der Waals surface area contributed by atoms with E-state index in [1.807, 2.05) is 36.4 Å². The predicted octanol–water partition coefficient (Wildman–Crippen LogP) is 5.05. The van der Waals surface area contributed by atoms with Gasteiger partial charge in [0.2, 0.25) is 5.91 Å². The van der Waals surface area contributed by atoms with Crippen LogP contribution in [0.5, 0.6) is 0 Å². The molecule has 0 saturated heterocycles. The van der Waals surface area contributed by atoms with Crippen LogP contribution in [0.2, 0.25) is 0 Å². The summed E-state index contributed by atoms with van der Waals surface area (Å²) in [7, 11) is 0. The molecule has 0 aliphatic carbocycles. The molecule has 108 valence electrons. The zero-order valence-corrected chi connectivity index (χ0v) is 13.7. The van der Waals surface area contributed by atoms with E-state index >= 15 is 0 Å². The minimum absolute atomic E-state index is 0.0934. The third-order valence-corrected chi connectivity index (χ3v) is 4.68. The summed E-state index contributed by atoms with van der Waals surface area (Å²) < 4.78 is 1.02. The van der Waals surface area contributed by atoms with E-state index in [4.69, 9.17) is 11.6 Å². The molecule has 2 nitrogen and oxygen atoms in total. The van der Waals surface area contributed by atoms with Crippen LogP contribution in [-0.2, 0) is 11.2 Å². The molecule has 4 heteroatoms. The summed E-state index contributed by atoms with van der Waals surface area (Å²) in [5.74, 6) is 0.0934. The molecule has 1 amide bonds. The third-order valence-electron chi connectivity index (χ3n) is 3.69. The Morgan fingerprint density at radius 1 is 1.10 bits per heavy atom. The minimum atomic E-state index is -0.188. The van der Waals surface area contributed by atoms with Gasteiger partial charge >= 0.3 is 0 Å². The zero-order chi connectivity index (χ0) is 14.8. The summed E-state index contributed by atoms with van der Waals surface area (Å²) in [5, 5.41) is 2.76. The van der Waals surface area contributed by atoms with Crippen molar-refractivity contribution >= 4 is 39.1 Å². The number of alkyl halides is 1. The van der Waals surface area contributed by atoms with E-state index in [1.54, 1.807) is 0 Å². The van der Waals surface area contributed by atoms with Gasteiger partial charge in [-0.2, -0.15) is 0 Å². The average Bonchev–Trinajstić information content (AvgIpc) is 2.66. The molecule has 3 rings (SSSR count). The van der Waals surface area contributed by atoms with Crippen LogP contribution in [0.4, 0.5) is 5.69 Å². The number of hydrogen-bond acceptors (Lipinski definition) is 1. The normalized spacial score (nSPS) is 15.8. The Hall–Kier alpha value is -1.32. The van der Waals surface area contributed by atoms with Crippen molar-refractivity contribution in [1.82, 2.24) is 0 Å². The molecule has 1 unspecified atom stereocenters. The fourth-order valence-electron chi connectivity index (χ4n) is 2.61. The molecule has 2 aromatic rings. The van der Waals surface area contributed by atoms with Crippen LogP contribution >= 0.6 is 27.5 Å². The highest BCUT2D eigenvalue weighted by Gasteiger charge is 2.16. The molecule has 2 aromatic carbocycles. The molecule has 1 aliphatic heterocycles. The monoisotopic (exact) mass is 363 g/mol. The first-order valence-corrected chi connectivity index (χ1v) is 8.18. The molecule has 0 radical (unpaired) electrons. The number of aryl methyl sites for hydroxylation is 1. The number of benzene rings is 2. The van der Waals surface area contributed by atoms with Crippen molar-refractivity contribution in [3.8, 4) is 0 Å². The number of carbonyl (C=O) groups excluding carboxylic acids is 1. The van der Waals surface area contributed by atoms with E-state index in [0.717, 1.165) is 34.1 Å². The molecule has 0 saturated carbocycles. The van der Waals surface area contributed by atoms with Gasteiger partial charge in [-0.1, -0.05) is 40.2 Å². The number of carbonyl (C=O) groups is 1. The number of halogens is 2. The standard InChI is InChI=1S/C17H15BrClNO/c18-14-5-1-4-12(10-14)17(19)13-7-8-15-11(9-13)3-2-6-16(21)20-15/h1,4-5,7-10,17H,2-3,6H2,(H,20,21). The van der Waals surface area contributed by atoms with Crippen molar-refractivity contribution in [2.24, 2.45) is 0 Å². The van der Waals surface area contributed by atoms with Gasteiger partial charge in [0.1, 0.15) is 0 Å². The number of fused-ring (bicyclic) bond motifs is 1. The SMILES string of the molecule is O=C1CCCc2cc(C(Cl)c3cccc(Br)c3)ccc2N1. The van der Waals surface area contributed by atoms with Crippen molar-refractivity contribution in [2.75, 3.05) is 5.32 Å². The Morgan fingerprint density at radius 3 is 2.71 bits per heavy atom. The summed E-state index contributed by atoms with van der Waals surface area (Å²) in [6.07, 6.45) is 2.37. The second-order valence-corrected chi connectivity index (χ2v) is 6.59. The predicted molar refractivity (Wildman–Crippen MR) is 89.8 cm³/mol. The highest BCUT2D eigenvalue weighted by Crippen LogP contribution is 2.33. The highest BCUT2D eigenvalue weighted by atomic mass is 79.9. The van der Waals surface area contributed by atoms with Crippen LogP contribution in [-0.4, -0.2) is 5.91 Å². The summed E-state index contributed by atoms with van der Waals surface area (Å²) in [5.41, 5.74) is 4.20. The Kier molecular flexibility index (Phi) is 4.32. The molecule has 0 aromatic heterocycles. The smallest absolute Gasteiger partial charge is 0.224 e. The van der Waals surface area contributed by atoms with Gasteiger partial charge in [0.25, 0.3) is 0 Å². The number of anilines is 1. The molecular weight excluding hydrogens is 350 g/mol. The van der Waals surface area contributed by atoms with Gasteiger partial charge in [-0.3, -0.25) is 4.79 Å². The quantitative estimate of drug-likeness (QED) is 0.742. The molecular formula is C17H15BrClNO. The van der Waals surface area contributed by atoms with Gasteiger partial charge in [0, 0.05) is 16.6 Å². The fourth-order valence-corrected chi connectivity index (χ4v) is 3.30. The molecule has 1 aliphatic rings. The van der Waals surface area contributed by atoms with E-state index in [1.165, 1.54) is 5.56 Å². The maximum absolute atomic E-state index is 11.6. The van der Waals surface area contributed by atoms with Crippen LogP contribution in [0, 0.1) is 0 Å². The van der Waals surface area contributed by atoms with Gasteiger partial charge in [-0.15, -0.1) is 11.6 Å². The number of nitrogens with one attached hydrogen (secondary N) is 1. The third kappa shape index (κ3) is 3.30. The summed E-state index contributed by atoms with van der Waals surface area (Å²) >= 11 is 10.1. The second-order valence-electron chi connectivity index (χ2n) is 5.24. The Labute approximate surface area is 137 Å². The van der Waals surface area contributed by atoms with Gasteiger partial charge in [0.15, 0.2) is 0 Å². The average molecular weight is 365 g/mol. The largest absolute Gasteiger partial charge is 0.326 e. The first-order valence-electron chi connectivity index (χ1n) is 6.96. The van der Waals surface area contributed by atoms with Crippen LogP contribution < -0.4 is 5.32 Å². The first kappa shape index (κ1) is 14.6.